The molecule has 0 unspecified atom stereocenters. The number of hydrogen-bond donors (Lipinski definition) is 2. The van der Waals surface area contributed by atoms with E-state index in [0.29, 0.717) is 11.3 Å². The maximum Gasteiger partial charge on any atom is 0.240 e. The molecule has 128 valence electrons. The first kappa shape index (κ1) is 17.9. The van der Waals surface area contributed by atoms with Crippen LogP contribution in [0.4, 0.5) is 10.1 Å². The average molecular weight is 352 g/mol. The molecule has 0 spiro atoms. The molecule has 0 saturated carbocycles. The number of sulfonamides is 1. The van der Waals surface area contributed by atoms with Crippen molar-refractivity contribution in [1.82, 2.24) is 4.72 Å². The van der Waals surface area contributed by atoms with Crippen molar-refractivity contribution < 1.29 is 22.3 Å². The molecular weight excluding hydrogens is 335 g/mol. The Morgan fingerprint density at radius 2 is 1.83 bits per heavy atom. The van der Waals surface area contributed by atoms with Crippen LogP contribution < -0.4 is 14.8 Å². The van der Waals surface area contributed by atoms with Gasteiger partial charge >= 0.3 is 0 Å². The van der Waals surface area contributed by atoms with Crippen LogP contribution in [0.25, 0.3) is 0 Å². The Morgan fingerprint density at radius 1 is 1.17 bits per heavy atom. The molecule has 1 amide bonds. The van der Waals surface area contributed by atoms with Gasteiger partial charge in [-0.05, 0) is 49.0 Å². The van der Waals surface area contributed by atoms with Crippen molar-refractivity contribution >= 4 is 21.6 Å². The van der Waals surface area contributed by atoms with Crippen LogP contribution in [0, 0.1) is 5.82 Å². The number of carbonyl (C=O) groups is 1. The summed E-state index contributed by atoms with van der Waals surface area (Å²) in [6.07, 6.45) is -0.0164. The molecule has 0 aliphatic rings. The van der Waals surface area contributed by atoms with Crippen LogP contribution in [0.5, 0.6) is 5.75 Å². The number of carbonyl (C=O) groups excluding carboxylic acids is 1. The number of ether oxygens (including phenoxy) is 1. The van der Waals surface area contributed by atoms with Gasteiger partial charge in [0.1, 0.15) is 0 Å². The number of methoxy groups -OCH3 is 1. The Balaban J connectivity index is 2.03. The molecule has 0 atom stereocenters. The van der Waals surface area contributed by atoms with Crippen molar-refractivity contribution in [2.45, 2.75) is 11.3 Å². The molecule has 0 aromatic heterocycles. The minimum absolute atomic E-state index is 0.0164. The van der Waals surface area contributed by atoms with Crippen LogP contribution in [0.2, 0.25) is 0 Å². The molecule has 0 fully saturated rings. The molecule has 24 heavy (non-hydrogen) atoms. The summed E-state index contributed by atoms with van der Waals surface area (Å²) < 4.78 is 43.9. The topological polar surface area (TPSA) is 84.5 Å². The van der Waals surface area contributed by atoms with Gasteiger partial charge in [-0.1, -0.05) is 6.07 Å². The van der Waals surface area contributed by atoms with E-state index in [4.69, 9.17) is 4.74 Å². The standard InChI is InChI=1S/C16H17FN2O4S/c1-18-24(21,22)13-6-4-12(5-7-13)19-16(20)10-11-3-8-15(23-2)14(17)9-11/h3-9,18H,10H2,1-2H3,(H,19,20). The van der Waals surface area contributed by atoms with Crippen molar-refractivity contribution in [3.63, 3.8) is 0 Å². The van der Waals surface area contributed by atoms with Gasteiger partial charge in [-0.25, -0.2) is 17.5 Å². The van der Waals surface area contributed by atoms with Crippen LogP contribution in [-0.4, -0.2) is 28.5 Å². The minimum atomic E-state index is -3.52. The molecule has 2 aromatic carbocycles. The summed E-state index contributed by atoms with van der Waals surface area (Å²) in [6, 6.07) is 10.0. The predicted molar refractivity (Wildman–Crippen MR) is 88.0 cm³/mol. The lowest BCUT2D eigenvalue weighted by Gasteiger charge is -2.08. The highest BCUT2D eigenvalue weighted by Gasteiger charge is 2.12. The SMILES string of the molecule is CNS(=O)(=O)c1ccc(NC(=O)Cc2ccc(OC)c(F)c2)cc1. The van der Waals surface area contributed by atoms with Gasteiger partial charge in [-0.3, -0.25) is 4.79 Å². The van der Waals surface area contributed by atoms with E-state index in [2.05, 4.69) is 10.0 Å². The zero-order valence-electron chi connectivity index (χ0n) is 13.2. The molecule has 2 rings (SSSR count). The second-order valence-corrected chi connectivity index (χ2v) is 6.81. The highest BCUT2D eigenvalue weighted by molar-refractivity contribution is 7.89. The lowest BCUT2D eigenvalue weighted by atomic mass is 10.1. The number of nitrogens with one attached hydrogen (secondary N) is 2. The molecule has 6 nitrogen and oxygen atoms in total. The highest BCUT2D eigenvalue weighted by atomic mass is 32.2. The van der Waals surface area contributed by atoms with E-state index in [1.54, 1.807) is 6.07 Å². The molecule has 8 heteroatoms. The molecule has 2 aromatic rings. The van der Waals surface area contributed by atoms with Crippen LogP contribution in [0.3, 0.4) is 0 Å². The number of rotatable bonds is 6. The Hall–Kier alpha value is -2.45. The van der Waals surface area contributed by atoms with Crippen molar-refractivity contribution in [3.8, 4) is 5.75 Å². The molecule has 0 radical (unpaired) electrons. The molecule has 0 saturated heterocycles. The fraction of sp³-hybridized carbons (Fsp3) is 0.188. The van der Waals surface area contributed by atoms with E-state index in [-0.39, 0.29) is 23.0 Å². The van der Waals surface area contributed by atoms with Gasteiger partial charge in [-0.15, -0.1) is 0 Å². The van der Waals surface area contributed by atoms with E-state index in [9.17, 15) is 17.6 Å². The van der Waals surface area contributed by atoms with Gasteiger partial charge in [0.2, 0.25) is 15.9 Å². The highest BCUT2D eigenvalue weighted by Crippen LogP contribution is 2.19. The summed E-state index contributed by atoms with van der Waals surface area (Å²) in [5.41, 5.74) is 0.948. The first-order valence-electron chi connectivity index (χ1n) is 7.01. The Bertz CT molecular complexity index is 836. The second-order valence-electron chi connectivity index (χ2n) is 4.93. The molecule has 0 bridgehead atoms. The summed E-state index contributed by atoms with van der Waals surface area (Å²) >= 11 is 0. The summed E-state index contributed by atoms with van der Waals surface area (Å²) in [6.45, 7) is 0. The Kier molecular flexibility index (Phi) is 5.53. The van der Waals surface area contributed by atoms with E-state index in [0.717, 1.165) is 0 Å². The third kappa shape index (κ3) is 4.30. The third-order valence-corrected chi connectivity index (χ3v) is 4.73. The fourth-order valence-electron chi connectivity index (χ4n) is 2.05. The predicted octanol–water partition coefficient (Wildman–Crippen LogP) is 1.92. The molecule has 2 N–H and O–H groups in total. The first-order valence-corrected chi connectivity index (χ1v) is 8.50. The van der Waals surface area contributed by atoms with Crippen LogP contribution >= 0.6 is 0 Å². The minimum Gasteiger partial charge on any atom is -0.494 e. The van der Waals surface area contributed by atoms with E-state index >= 15 is 0 Å². The van der Waals surface area contributed by atoms with E-state index in [1.165, 1.54) is 50.6 Å². The molecule has 0 aliphatic carbocycles. The summed E-state index contributed by atoms with van der Waals surface area (Å²) in [5, 5.41) is 2.63. The Morgan fingerprint density at radius 3 is 2.38 bits per heavy atom. The lowest BCUT2D eigenvalue weighted by Crippen LogP contribution is -2.18. The van der Waals surface area contributed by atoms with Gasteiger partial charge in [0.15, 0.2) is 11.6 Å². The molecule has 0 heterocycles. The molecular formula is C16H17FN2O4S. The van der Waals surface area contributed by atoms with Crippen LogP contribution in [-0.2, 0) is 21.2 Å². The van der Waals surface area contributed by atoms with Gasteiger partial charge in [0, 0.05) is 5.69 Å². The maximum absolute atomic E-state index is 13.6. The monoisotopic (exact) mass is 352 g/mol. The van der Waals surface area contributed by atoms with Crippen LogP contribution in [0.15, 0.2) is 47.4 Å². The second kappa shape index (κ2) is 7.41. The number of anilines is 1. The number of amides is 1. The smallest absolute Gasteiger partial charge is 0.240 e. The zero-order valence-corrected chi connectivity index (χ0v) is 14.0. The summed E-state index contributed by atoms with van der Waals surface area (Å²) in [7, 11) is -0.837. The summed E-state index contributed by atoms with van der Waals surface area (Å²) in [4.78, 5) is 12.1. The normalized spacial score (nSPS) is 11.1. The molecule has 0 aliphatic heterocycles. The van der Waals surface area contributed by atoms with Gasteiger partial charge < -0.3 is 10.1 Å². The average Bonchev–Trinajstić information content (AvgIpc) is 2.55. The van der Waals surface area contributed by atoms with E-state index < -0.39 is 15.8 Å². The quantitative estimate of drug-likeness (QED) is 0.832. The number of hydrogen-bond acceptors (Lipinski definition) is 4. The van der Waals surface area contributed by atoms with Crippen molar-refractivity contribution in [2.24, 2.45) is 0 Å². The van der Waals surface area contributed by atoms with Crippen molar-refractivity contribution in [3.05, 3.63) is 53.8 Å². The largest absolute Gasteiger partial charge is 0.494 e. The van der Waals surface area contributed by atoms with Crippen molar-refractivity contribution in [2.75, 3.05) is 19.5 Å². The number of halogens is 1. The number of benzene rings is 2. The van der Waals surface area contributed by atoms with Crippen molar-refractivity contribution in [1.29, 1.82) is 0 Å². The fourth-order valence-corrected chi connectivity index (χ4v) is 2.78. The lowest BCUT2D eigenvalue weighted by molar-refractivity contribution is -0.115. The maximum atomic E-state index is 13.6. The Labute approximate surface area is 139 Å². The first-order chi connectivity index (χ1) is 11.4. The van der Waals surface area contributed by atoms with E-state index in [1.807, 2.05) is 0 Å². The van der Waals surface area contributed by atoms with Gasteiger partial charge in [0.05, 0.1) is 18.4 Å². The summed E-state index contributed by atoms with van der Waals surface area (Å²) in [5.74, 6) is -0.770. The van der Waals surface area contributed by atoms with Gasteiger partial charge in [0.25, 0.3) is 0 Å². The van der Waals surface area contributed by atoms with Crippen LogP contribution in [0.1, 0.15) is 5.56 Å². The van der Waals surface area contributed by atoms with Gasteiger partial charge in [-0.2, -0.15) is 0 Å². The third-order valence-electron chi connectivity index (χ3n) is 3.30. The zero-order chi connectivity index (χ0) is 17.7.